The van der Waals surface area contributed by atoms with Crippen molar-refractivity contribution in [3.8, 4) is 0 Å². The minimum absolute atomic E-state index is 0.0168. The maximum absolute atomic E-state index is 12.7. The number of ether oxygens (including phenoxy) is 3. The maximum Gasteiger partial charge on any atom is 0.306 e. The first-order valence-electron chi connectivity index (χ1n) is 20.0. The highest BCUT2D eigenvalue weighted by atomic mass is 16.6. The van der Waals surface area contributed by atoms with Crippen molar-refractivity contribution in [3.05, 3.63) is 72.9 Å². The lowest BCUT2D eigenvalue weighted by Gasteiger charge is -2.34. The highest BCUT2D eigenvalue weighted by Crippen LogP contribution is 2.12. The van der Waals surface area contributed by atoms with E-state index in [-0.39, 0.29) is 49.1 Å². The number of hydrogen-bond donors (Lipinski definition) is 0. The lowest BCUT2D eigenvalue weighted by molar-refractivity contribution is -0.889. The molecule has 0 amide bonds. The Morgan fingerprint density at radius 1 is 0.596 bits per heavy atom. The molecule has 0 saturated heterocycles. The van der Waals surface area contributed by atoms with Crippen LogP contribution in [0.5, 0.6) is 0 Å². The molecule has 0 aromatic carbocycles. The summed E-state index contributed by atoms with van der Waals surface area (Å²) >= 11 is 0. The highest BCUT2D eigenvalue weighted by Gasteiger charge is 2.25. The van der Waals surface area contributed by atoms with E-state index in [1.807, 2.05) is 48.6 Å². The monoisotopic (exact) mass is 728 g/mol. The number of likely N-dealkylation sites (N-methyl/N-ethyl adjacent to an activating group) is 1. The fourth-order valence-electron chi connectivity index (χ4n) is 5.32. The number of hydrogen-bond acceptors (Lipinski definition) is 7. The van der Waals surface area contributed by atoms with Crippen LogP contribution in [0, 0.1) is 0 Å². The number of carboxylic acid groups (broad SMARTS) is 1. The quantitative estimate of drug-likeness (QED) is 0.0214. The second-order valence-corrected chi connectivity index (χ2v) is 14.3. The standard InChI is InChI=1S/C44H73NO7/c1-6-8-10-12-14-16-18-20-21-23-24-26-28-30-32-34-42(46)51-39-40(38-50-37-36-41(44(48)49)45(3,4)5)52-43(47)35-33-31-29-27-25-22-19-17-15-13-11-9-7-2/h8,10,12,14,16,18,20-25,40-41H,6-7,9,11,13,15,17,19,26-39H2,1-5H3/b10-8+,14-12+,18-16+,21-20+,24-23+,25-22+. The van der Waals surface area contributed by atoms with Crippen LogP contribution in [0.25, 0.3) is 0 Å². The largest absolute Gasteiger partial charge is 0.544 e. The predicted octanol–water partition coefficient (Wildman–Crippen LogP) is 9.07. The van der Waals surface area contributed by atoms with Crippen LogP contribution in [-0.2, 0) is 28.6 Å². The average Bonchev–Trinajstić information content (AvgIpc) is 3.09. The summed E-state index contributed by atoms with van der Waals surface area (Å²) < 4.78 is 17.0. The number of unbranched alkanes of at least 4 members (excludes halogenated alkanes) is 12. The van der Waals surface area contributed by atoms with Gasteiger partial charge in [-0.1, -0.05) is 132 Å². The van der Waals surface area contributed by atoms with Gasteiger partial charge in [0.05, 0.1) is 40.3 Å². The van der Waals surface area contributed by atoms with E-state index in [0.717, 1.165) is 64.2 Å². The van der Waals surface area contributed by atoms with Crippen LogP contribution < -0.4 is 5.11 Å². The van der Waals surface area contributed by atoms with Gasteiger partial charge in [0, 0.05) is 19.3 Å². The molecule has 0 N–H and O–H groups in total. The van der Waals surface area contributed by atoms with E-state index in [1.54, 1.807) is 21.1 Å². The van der Waals surface area contributed by atoms with Gasteiger partial charge in [0.2, 0.25) is 0 Å². The molecule has 0 aliphatic heterocycles. The number of carbonyl (C=O) groups excluding carboxylic acids is 3. The van der Waals surface area contributed by atoms with Crippen molar-refractivity contribution in [2.45, 2.75) is 148 Å². The van der Waals surface area contributed by atoms with Crippen LogP contribution in [0.3, 0.4) is 0 Å². The van der Waals surface area contributed by atoms with Crippen LogP contribution >= 0.6 is 0 Å². The van der Waals surface area contributed by atoms with Gasteiger partial charge < -0.3 is 28.6 Å². The van der Waals surface area contributed by atoms with Gasteiger partial charge in [-0.3, -0.25) is 9.59 Å². The van der Waals surface area contributed by atoms with Gasteiger partial charge in [0.1, 0.15) is 12.6 Å². The van der Waals surface area contributed by atoms with Crippen LogP contribution in [0.4, 0.5) is 0 Å². The Kier molecular flexibility index (Phi) is 32.7. The number of carboxylic acids is 1. The summed E-state index contributed by atoms with van der Waals surface area (Å²) in [6.07, 6.45) is 42.1. The molecule has 0 heterocycles. The Morgan fingerprint density at radius 2 is 1.10 bits per heavy atom. The lowest BCUT2D eigenvalue weighted by Crippen LogP contribution is -2.55. The molecule has 0 spiro atoms. The van der Waals surface area contributed by atoms with Gasteiger partial charge in [-0.2, -0.15) is 0 Å². The SMILES string of the molecule is CC/C=C/C=C/C=C/C=C/C=C/CCCCCC(=O)OCC(COCCC(C(=O)[O-])[N+](C)(C)C)OC(=O)CCCCC/C=C/CCCCCCCC. The molecule has 0 aliphatic carbocycles. The Hall–Kier alpha value is -3.23. The van der Waals surface area contributed by atoms with Crippen molar-refractivity contribution in [2.75, 3.05) is 41.0 Å². The average molecular weight is 728 g/mol. The second-order valence-electron chi connectivity index (χ2n) is 14.3. The minimum Gasteiger partial charge on any atom is -0.544 e. The van der Waals surface area contributed by atoms with Gasteiger partial charge in [0.15, 0.2) is 6.10 Å². The summed E-state index contributed by atoms with van der Waals surface area (Å²) in [5.74, 6) is -1.82. The lowest BCUT2D eigenvalue weighted by atomic mass is 10.1. The van der Waals surface area contributed by atoms with Gasteiger partial charge in [-0.25, -0.2) is 0 Å². The molecule has 0 fully saturated rings. The van der Waals surface area contributed by atoms with Gasteiger partial charge in [0.25, 0.3) is 0 Å². The molecule has 0 radical (unpaired) electrons. The third-order valence-corrected chi connectivity index (χ3v) is 8.45. The van der Waals surface area contributed by atoms with Crippen LogP contribution in [0.1, 0.15) is 136 Å². The van der Waals surface area contributed by atoms with Crippen LogP contribution in [0.15, 0.2) is 72.9 Å². The number of rotatable bonds is 34. The topological polar surface area (TPSA) is 102 Å². The van der Waals surface area contributed by atoms with Crippen molar-refractivity contribution >= 4 is 17.9 Å². The van der Waals surface area contributed by atoms with Gasteiger partial charge in [-0.05, 0) is 57.8 Å². The minimum atomic E-state index is -1.14. The van der Waals surface area contributed by atoms with Gasteiger partial charge >= 0.3 is 11.9 Å². The fraction of sp³-hybridized carbons (Fsp3) is 0.659. The van der Waals surface area contributed by atoms with E-state index in [4.69, 9.17) is 14.2 Å². The molecular formula is C44H73NO7. The smallest absolute Gasteiger partial charge is 0.306 e. The summed E-state index contributed by atoms with van der Waals surface area (Å²) in [6, 6.07) is -0.737. The Bertz CT molecular complexity index is 1080. The van der Waals surface area contributed by atoms with E-state index in [9.17, 15) is 19.5 Å². The molecule has 2 unspecified atom stereocenters. The van der Waals surface area contributed by atoms with Gasteiger partial charge in [-0.15, -0.1) is 0 Å². The van der Waals surface area contributed by atoms with Crippen LogP contribution in [0.2, 0.25) is 0 Å². The maximum atomic E-state index is 12.7. The zero-order valence-corrected chi connectivity index (χ0v) is 33.4. The second kappa shape index (κ2) is 34.8. The van der Waals surface area contributed by atoms with Crippen LogP contribution in [-0.4, -0.2) is 75.5 Å². The van der Waals surface area contributed by atoms with Crippen molar-refractivity contribution in [2.24, 2.45) is 0 Å². The van der Waals surface area contributed by atoms with Crippen molar-refractivity contribution < 1.29 is 38.2 Å². The third kappa shape index (κ3) is 32.7. The number of nitrogens with zero attached hydrogens (tertiary/aromatic N) is 1. The van der Waals surface area contributed by atoms with E-state index in [1.165, 1.54) is 38.5 Å². The molecule has 296 valence electrons. The summed E-state index contributed by atoms with van der Waals surface area (Å²) in [4.78, 5) is 36.7. The molecule has 2 atom stereocenters. The first kappa shape index (κ1) is 48.8. The number of carbonyl (C=O) groups is 3. The summed E-state index contributed by atoms with van der Waals surface area (Å²) in [5, 5.41) is 11.6. The number of aliphatic carboxylic acids is 1. The highest BCUT2D eigenvalue weighted by molar-refractivity contribution is 5.70. The number of esters is 2. The first-order valence-corrected chi connectivity index (χ1v) is 20.0. The normalized spacial score (nSPS) is 13.8. The molecule has 0 aromatic rings. The summed E-state index contributed by atoms with van der Waals surface area (Å²) in [5.41, 5.74) is 0. The number of allylic oxidation sites excluding steroid dienone is 12. The zero-order valence-electron chi connectivity index (χ0n) is 33.4. The van der Waals surface area contributed by atoms with E-state index >= 15 is 0 Å². The Morgan fingerprint density at radius 3 is 1.65 bits per heavy atom. The third-order valence-electron chi connectivity index (χ3n) is 8.45. The van der Waals surface area contributed by atoms with E-state index in [2.05, 4.69) is 38.2 Å². The fourth-order valence-corrected chi connectivity index (χ4v) is 5.32. The summed E-state index contributed by atoms with van der Waals surface area (Å²) in [6.45, 7) is 4.42. The van der Waals surface area contributed by atoms with E-state index in [0.29, 0.717) is 6.42 Å². The Balaban J connectivity index is 4.53. The molecule has 0 aromatic heterocycles. The first-order chi connectivity index (χ1) is 25.1. The van der Waals surface area contributed by atoms with E-state index < -0.39 is 18.1 Å². The molecular weight excluding hydrogens is 654 g/mol. The predicted molar refractivity (Wildman–Crippen MR) is 212 cm³/mol. The van der Waals surface area contributed by atoms with Crippen molar-refractivity contribution in [1.29, 1.82) is 0 Å². The zero-order chi connectivity index (χ0) is 38.5. The van der Waals surface area contributed by atoms with Crippen molar-refractivity contribution in [3.63, 3.8) is 0 Å². The Labute approximate surface area is 317 Å². The number of quaternary nitrogens is 1. The summed E-state index contributed by atoms with van der Waals surface area (Å²) in [7, 11) is 5.37. The van der Waals surface area contributed by atoms with Crippen molar-refractivity contribution in [1.82, 2.24) is 0 Å². The molecule has 0 rings (SSSR count). The molecule has 8 heteroatoms. The molecule has 0 aliphatic rings. The molecule has 8 nitrogen and oxygen atoms in total. The molecule has 0 bridgehead atoms. The molecule has 52 heavy (non-hydrogen) atoms. The molecule has 0 saturated carbocycles.